The number of ether oxygens (including phenoxy) is 1. The van der Waals surface area contributed by atoms with E-state index >= 15 is 0 Å². The Morgan fingerprint density at radius 2 is 2.44 bits per heavy atom. The predicted molar refractivity (Wildman–Crippen MR) is 58.9 cm³/mol. The summed E-state index contributed by atoms with van der Waals surface area (Å²) in [6.45, 7) is 3.87. The number of tetrazole rings is 1. The molecule has 90 valence electrons. The molecule has 0 saturated carbocycles. The Morgan fingerprint density at radius 1 is 1.62 bits per heavy atom. The summed E-state index contributed by atoms with van der Waals surface area (Å²) in [4.78, 5) is 1.50. The quantitative estimate of drug-likeness (QED) is 0.766. The number of hydrogen-bond acceptors (Lipinski definition) is 5. The molecule has 0 aliphatic carbocycles. The average molecular weight is 225 g/mol. The van der Waals surface area contributed by atoms with Crippen molar-refractivity contribution in [1.29, 1.82) is 0 Å². The summed E-state index contributed by atoms with van der Waals surface area (Å²) < 4.78 is 5.68. The van der Waals surface area contributed by atoms with Gasteiger partial charge in [0.1, 0.15) is 0 Å². The van der Waals surface area contributed by atoms with Gasteiger partial charge in [-0.1, -0.05) is 0 Å². The first kappa shape index (κ1) is 11.5. The molecule has 6 heteroatoms. The molecule has 2 heterocycles. The fourth-order valence-corrected chi connectivity index (χ4v) is 2.41. The van der Waals surface area contributed by atoms with Crippen LogP contribution in [-0.2, 0) is 18.2 Å². The van der Waals surface area contributed by atoms with Crippen LogP contribution in [0, 0.1) is 5.41 Å². The Kier molecular flexibility index (Phi) is 3.20. The van der Waals surface area contributed by atoms with Crippen LogP contribution in [0.4, 0.5) is 0 Å². The van der Waals surface area contributed by atoms with Gasteiger partial charge in [0.05, 0.1) is 13.2 Å². The first-order valence-electron chi connectivity index (χ1n) is 5.65. The average Bonchev–Trinajstić information content (AvgIpc) is 2.77. The number of nitrogens with one attached hydrogen (secondary N) is 1. The van der Waals surface area contributed by atoms with E-state index in [1.54, 1.807) is 7.05 Å². The van der Waals surface area contributed by atoms with E-state index in [0.717, 1.165) is 31.8 Å². The third-order valence-electron chi connectivity index (χ3n) is 3.42. The number of aromatic nitrogens is 4. The highest BCUT2D eigenvalue weighted by Gasteiger charge is 2.42. The lowest BCUT2D eigenvalue weighted by Crippen LogP contribution is -2.40. The molecular weight excluding hydrogens is 206 g/mol. The summed E-state index contributed by atoms with van der Waals surface area (Å²) in [5.74, 6) is 0.801. The van der Waals surface area contributed by atoms with E-state index in [1.165, 1.54) is 4.80 Å². The van der Waals surface area contributed by atoms with Crippen LogP contribution in [-0.4, -0.2) is 46.5 Å². The van der Waals surface area contributed by atoms with Crippen molar-refractivity contribution in [3.63, 3.8) is 0 Å². The van der Waals surface area contributed by atoms with Crippen LogP contribution in [0.1, 0.15) is 19.2 Å². The van der Waals surface area contributed by atoms with Gasteiger partial charge in [0.2, 0.25) is 0 Å². The Balaban J connectivity index is 2.14. The highest BCUT2D eigenvalue weighted by Crippen LogP contribution is 2.36. The lowest BCUT2D eigenvalue weighted by molar-refractivity contribution is 0.0629. The summed E-state index contributed by atoms with van der Waals surface area (Å²) in [5, 5.41) is 15.4. The first-order chi connectivity index (χ1) is 7.66. The summed E-state index contributed by atoms with van der Waals surface area (Å²) in [6, 6.07) is 0. The minimum Gasteiger partial charge on any atom is -0.378 e. The Bertz CT molecular complexity index is 353. The third-order valence-corrected chi connectivity index (χ3v) is 3.42. The van der Waals surface area contributed by atoms with Crippen molar-refractivity contribution < 1.29 is 4.74 Å². The van der Waals surface area contributed by atoms with E-state index in [2.05, 4.69) is 27.7 Å². The molecular formula is C10H19N5O. The first-order valence-corrected chi connectivity index (χ1v) is 5.65. The minimum atomic E-state index is 0.109. The number of aryl methyl sites for hydroxylation is 1. The van der Waals surface area contributed by atoms with Gasteiger partial charge in [-0.25, -0.2) is 0 Å². The summed E-state index contributed by atoms with van der Waals surface area (Å²) in [7, 11) is 3.76. The number of rotatable bonds is 4. The van der Waals surface area contributed by atoms with Crippen LogP contribution < -0.4 is 5.32 Å². The maximum absolute atomic E-state index is 5.68. The van der Waals surface area contributed by atoms with Gasteiger partial charge in [-0.15, -0.1) is 10.2 Å². The van der Waals surface area contributed by atoms with Gasteiger partial charge in [-0.3, -0.25) is 0 Å². The van der Waals surface area contributed by atoms with Gasteiger partial charge >= 0.3 is 0 Å². The van der Waals surface area contributed by atoms with Crippen LogP contribution in [0.25, 0.3) is 0 Å². The zero-order valence-electron chi connectivity index (χ0n) is 10.1. The molecule has 1 saturated heterocycles. The van der Waals surface area contributed by atoms with Crippen molar-refractivity contribution in [3.8, 4) is 0 Å². The van der Waals surface area contributed by atoms with Gasteiger partial charge in [0.15, 0.2) is 5.82 Å². The summed E-state index contributed by atoms with van der Waals surface area (Å²) in [6.07, 6.45) is 2.11. The third kappa shape index (κ3) is 2.08. The standard InChI is InChI=1S/C10H19N5O/c1-8-10(7-11-2,4-5-16-8)6-9-12-14-15(3)13-9/h8,11H,4-7H2,1-3H3. The van der Waals surface area contributed by atoms with E-state index < -0.39 is 0 Å². The van der Waals surface area contributed by atoms with E-state index in [-0.39, 0.29) is 11.5 Å². The predicted octanol–water partition coefficient (Wildman–Crippen LogP) is -0.233. The molecule has 1 aromatic rings. The molecule has 16 heavy (non-hydrogen) atoms. The molecule has 1 aliphatic heterocycles. The highest BCUT2D eigenvalue weighted by molar-refractivity contribution is 4.98. The molecule has 2 unspecified atom stereocenters. The Hall–Kier alpha value is -1.01. The van der Waals surface area contributed by atoms with Crippen LogP contribution in [0.3, 0.4) is 0 Å². The molecule has 0 aromatic carbocycles. The van der Waals surface area contributed by atoms with Crippen LogP contribution in [0.2, 0.25) is 0 Å². The summed E-state index contributed by atoms with van der Waals surface area (Å²) in [5.41, 5.74) is 0.109. The molecule has 0 spiro atoms. The largest absolute Gasteiger partial charge is 0.378 e. The topological polar surface area (TPSA) is 64.9 Å². The molecule has 0 amide bonds. The monoisotopic (exact) mass is 225 g/mol. The maximum atomic E-state index is 5.68. The fraction of sp³-hybridized carbons (Fsp3) is 0.900. The van der Waals surface area contributed by atoms with E-state index in [1.807, 2.05) is 7.05 Å². The Labute approximate surface area is 95.4 Å². The lowest BCUT2D eigenvalue weighted by Gasteiger charge is -2.30. The van der Waals surface area contributed by atoms with Gasteiger partial charge in [-0.05, 0) is 25.6 Å². The second-order valence-corrected chi connectivity index (χ2v) is 4.53. The van der Waals surface area contributed by atoms with Crippen molar-refractivity contribution in [2.75, 3.05) is 20.2 Å². The molecule has 2 atom stereocenters. The van der Waals surface area contributed by atoms with Gasteiger partial charge in [0, 0.05) is 25.0 Å². The fourth-order valence-electron chi connectivity index (χ4n) is 2.41. The zero-order valence-corrected chi connectivity index (χ0v) is 10.1. The van der Waals surface area contributed by atoms with Crippen molar-refractivity contribution >= 4 is 0 Å². The second-order valence-electron chi connectivity index (χ2n) is 4.53. The van der Waals surface area contributed by atoms with Crippen molar-refractivity contribution in [2.45, 2.75) is 25.9 Å². The lowest BCUT2D eigenvalue weighted by atomic mass is 9.78. The van der Waals surface area contributed by atoms with Crippen molar-refractivity contribution in [3.05, 3.63) is 5.82 Å². The molecule has 0 radical (unpaired) electrons. The molecule has 6 nitrogen and oxygen atoms in total. The van der Waals surface area contributed by atoms with Crippen molar-refractivity contribution in [2.24, 2.45) is 12.5 Å². The molecule has 1 N–H and O–H groups in total. The van der Waals surface area contributed by atoms with E-state index in [9.17, 15) is 0 Å². The molecule has 1 aliphatic rings. The van der Waals surface area contributed by atoms with Crippen LogP contribution in [0.15, 0.2) is 0 Å². The number of hydrogen-bond donors (Lipinski definition) is 1. The minimum absolute atomic E-state index is 0.109. The van der Waals surface area contributed by atoms with Crippen molar-refractivity contribution in [1.82, 2.24) is 25.5 Å². The smallest absolute Gasteiger partial charge is 0.175 e. The zero-order chi connectivity index (χ0) is 11.6. The molecule has 1 aromatic heterocycles. The van der Waals surface area contributed by atoms with Gasteiger partial charge in [0.25, 0.3) is 0 Å². The Morgan fingerprint density at radius 3 is 2.94 bits per heavy atom. The van der Waals surface area contributed by atoms with Crippen LogP contribution in [0.5, 0.6) is 0 Å². The molecule has 1 fully saturated rings. The molecule has 0 bridgehead atoms. The highest BCUT2D eigenvalue weighted by atomic mass is 16.5. The van der Waals surface area contributed by atoms with E-state index in [0.29, 0.717) is 0 Å². The second kappa shape index (κ2) is 4.47. The normalized spacial score (nSPS) is 29.8. The van der Waals surface area contributed by atoms with Crippen LogP contribution >= 0.6 is 0 Å². The SMILES string of the molecule is CNCC1(Cc2nnn(C)n2)CCOC1C. The number of nitrogens with zero attached hydrogens (tertiary/aromatic N) is 4. The summed E-state index contributed by atoms with van der Waals surface area (Å²) >= 11 is 0. The maximum Gasteiger partial charge on any atom is 0.175 e. The van der Waals surface area contributed by atoms with E-state index in [4.69, 9.17) is 4.74 Å². The molecule has 2 rings (SSSR count). The van der Waals surface area contributed by atoms with Gasteiger partial charge in [-0.2, -0.15) is 4.80 Å². The van der Waals surface area contributed by atoms with Gasteiger partial charge < -0.3 is 10.1 Å².